The number of nitrogens with zero attached hydrogens (tertiary/aromatic N) is 1. The zero-order valence-electron chi connectivity index (χ0n) is 10.4. The summed E-state index contributed by atoms with van der Waals surface area (Å²) in [5.41, 5.74) is 0.743. The minimum Gasteiger partial charge on any atom is -0.486 e. The van der Waals surface area contributed by atoms with Crippen LogP contribution in [0.2, 0.25) is 0 Å². The van der Waals surface area contributed by atoms with E-state index in [1.54, 1.807) is 6.07 Å². The van der Waals surface area contributed by atoms with E-state index >= 15 is 0 Å². The van der Waals surface area contributed by atoms with Crippen LogP contribution in [0.3, 0.4) is 0 Å². The van der Waals surface area contributed by atoms with E-state index in [4.69, 9.17) is 9.47 Å². The third-order valence-corrected chi connectivity index (χ3v) is 2.96. The largest absolute Gasteiger partial charge is 0.486 e. The zero-order chi connectivity index (χ0) is 13.1. The molecular formula is C12H16N2O4. The van der Waals surface area contributed by atoms with E-state index in [0.717, 1.165) is 0 Å². The second kappa shape index (κ2) is 5.22. The van der Waals surface area contributed by atoms with Gasteiger partial charge >= 0.3 is 0 Å². The zero-order valence-corrected chi connectivity index (χ0v) is 10.4. The maximum absolute atomic E-state index is 11.1. The van der Waals surface area contributed by atoms with Crippen LogP contribution in [0.4, 0.5) is 5.69 Å². The van der Waals surface area contributed by atoms with Crippen molar-refractivity contribution in [3.63, 3.8) is 0 Å². The maximum Gasteiger partial charge on any atom is 0.276 e. The summed E-state index contributed by atoms with van der Waals surface area (Å²) in [7, 11) is 1.83. The number of nitrogens with one attached hydrogen (secondary N) is 1. The molecule has 1 aliphatic rings. The minimum atomic E-state index is -0.379. The van der Waals surface area contributed by atoms with Gasteiger partial charge in [-0.25, -0.2) is 0 Å². The number of likely N-dealkylation sites (N-methyl/N-ethyl adjacent to an activating group) is 1. The normalized spacial score (nSPS) is 15.2. The monoisotopic (exact) mass is 252 g/mol. The number of nitro groups is 1. The van der Waals surface area contributed by atoms with Crippen LogP contribution in [-0.4, -0.2) is 31.2 Å². The molecule has 98 valence electrons. The highest BCUT2D eigenvalue weighted by Crippen LogP contribution is 2.36. The molecule has 1 atom stereocenters. The molecule has 0 spiro atoms. The van der Waals surface area contributed by atoms with Gasteiger partial charge in [-0.3, -0.25) is 10.1 Å². The lowest BCUT2D eigenvalue weighted by Gasteiger charge is -2.19. The molecule has 0 bridgehead atoms. The van der Waals surface area contributed by atoms with E-state index < -0.39 is 0 Å². The number of ether oxygens (including phenoxy) is 2. The van der Waals surface area contributed by atoms with Crippen molar-refractivity contribution in [1.29, 1.82) is 0 Å². The molecule has 6 heteroatoms. The van der Waals surface area contributed by atoms with Gasteiger partial charge in [-0.1, -0.05) is 0 Å². The number of hydrogen-bond donors (Lipinski definition) is 1. The summed E-state index contributed by atoms with van der Waals surface area (Å²) in [4.78, 5) is 10.7. The molecule has 1 aliphatic heterocycles. The topological polar surface area (TPSA) is 73.6 Å². The van der Waals surface area contributed by atoms with Gasteiger partial charge in [0, 0.05) is 11.6 Å². The lowest BCUT2D eigenvalue weighted by atomic mass is 10.0. The summed E-state index contributed by atoms with van der Waals surface area (Å²) in [5, 5.41) is 14.1. The van der Waals surface area contributed by atoms with E-state index in [1.807, 2.05) is 14.0 Å². The Morgan fingerprint density at radius 1 is 1.39 bits per heavy atom. The Balaban J connectivity index is 2.39. The molecule has 18 heavy (non-hydrogen) atoms. The van der Waals surface area contributed by atoms with Gasteiger partial charge in [-0.2, -0.15) is 0 Å². The highest BCUT2D eigenvalue weighted by Gasteiger charge is 2.22. The van der Waals surface area contributed by atoms with Gasteiger partial charge < -0.3 is 14.8 Å². The molecule has 0 fully saturated rings. The molecule has 1 aromatic carbocycles. The summed E-state index contributed by atoms with van der Waals surface area (Å²) in [6, 6.07) is 3.32. The van der Waals surface area contributed by atoms with Crippen molar-refractivity contribution in [1.82, 2.24) is 5.32 Å². The Labute approximate surface area is 105 Å². The molecule has 6 nitrogen and oxygen atoms in total. The SMILES string of the molecule is CNC(C)Cc1cc2c(cc1[N+](=O)[O-])OCCO2. The van der Waals surface area contributed by atoms with Gasteiger partial charge in [-0.05, 0) is 26.5 Å². The van der Waals surface area contributed by atoms with Crippen molar-refractivity contribution >= 4 is 5.69 Å². The molecule has 0 aliphatic carbocycles. The van der Waals surface area contributed by atoms with Crippen molar-refractivity contribution < 1.29 is 14.4 Å². The van der Waals surface area contributed by atoms with Crippen molar-refractivity contribution in [3.8, 4) is 11.5 Å². The number of nitro benzene ring substituents is 1. The quantitative estimate of drug-likeness (QED) is 0.649. The van der Waals surface area contributed by atoms with Crippen LogP contribution in [0.25, 0.3) is 0 Å². The molecule has 2 rings (SSSR count). The fraction of sp³-hybridized carbons (Fsp3) is 0.500. The average Bonchev–Trinajstić information content (AvgIpc) is 2.37. The van der Waals surface area contributed by atoms with Crippen LogP contribution in [-0.2, 0) is 6.42 Å². The molecule has 0 saturated carbocycles. The van der Waals surface area contributed by atoms with Crippen molar-refractivity contribution in [3.05, 3.63) is 27.8 Å². The molecule has 0 radical (unpaired) electrons. The number of fused-ring (bicyclic) bond motifs is 1. The van der Waals surface area contributed by atoms with Crippen LogP contribution in [0.15, 0.2) is 12.1 Å². The highest BCUT2D eigenvalue weighted by atomic mass is 16.6. The van der Waals surface area contributed by atoms with Gasteiger partial charge in [0.05, 0.1) is 11.0 Å². The first kappa shape index (κ1) is 12.6. The number of rotatable bonds is 4. The average molecular weight is 252 g/mol. The second-order valence-corrected chi connectivity index (χ2v) is 4.28. The van der Waals surface area contributed by atoms with E-state index in [2.05, 4.69) is 5.32 Å². The highest BCUT2D eigenvalue weighted by molar-refractivity contribution is 5.55. The molecule has 0 saturated heterocycles. The maximum atomic E-state index is 11.1. The fourth-order valence-corrected chi connectivity index (χ4v) is 1.89. The summed E-state index contributed by atoms with van der Waals surface area (Å²) in [6.07, 6.45) is 0.573. The molecule has 1 aromatic rings. The molecule has 0 amide bonds. The van der Waals surface area contributed by atoms with Crippen molar-refractivity contribution in [2.24, 2.45) is 0 Å². The lowest BCUT2D eigenvalue weighted by Crippen LogP contribution is -2.24. The molecule has 0 aromatic heterocycles. The first-order valence-corrected chi connectivity index (χ1v) is 5.86. The lowest BCUT2D eigenvalue weighted by molar-refractivity contribution is -0.385. The molecular weight excluding hydrogens is 236 g/mol. The Morgan fingerprint density at radius 2 is 2.00 bits per heavy atom. The van der Waals surface area contributed by atoms with Crippen molar-refractivity contribution in [2.75, 3.05) is 20.3 Å². The van der Waals surface area contributed by atoms with Crippen molar-refractivity contribution in [2.45, 2.75) is 19.4 Å². The minimum absolute atomic E-state index is 0.0846. The van der Waals surface area contributed by atoms with Crippen LogP contribution < -0.4 is 14.8 Å². The van der Waals surface area contributed by atoms with E-state index in [9.17, 15) is 10.1 Å². The van der Waals surface area contributed by atoms with Gasteiger partial charge in [0.2, 0.25) is 0 Å². The predicted octanol–water partition coefficient (Wildman–Crippen LogP) is 1.52. The van der Waals surface area contributed by atoms with E-state index in [0.29, 0.717) is 36.7 Å². The van der Waals surface area contributed by atoms with Crippen LogP contribution in [0, 0.1) is 10.1 Å². The van der Waals surface area contributed by atoms with Gasteiger partial charge in [0.1, 0.15) is 13.2 Å². The Hall–Kier alpha value is -1.82. The van der Waals surface area contributed by atoms with Crippen LogP contribution in [0.1, 0.15) is 12.5 Å². The number of benzene rings is 1. The number of hydrogen-bond acceptors (Lipinski definition) is 5. The summed E-state index contributed by atoms with van der Waals surface area (Å²) < 4.78 is 10.8. The fourth-order valence-electron chi connectivity index (χ4n) is 1.89. The second-order valence-electron chi connectivity index (χ2n) is 4.28. The summed E-state index contributed by atoms with van der Waals surface area (Å²) in [6.45, 7) is 2.88. The molecule has 1 unspecified atom stereocenters. The molecule has 1 N–H and O–H groups in total. The standard InChI is InChI=1S/C12H16N2O4/c1-8(13-2)5-9-6-11-12(18-4-3-17-11)7-10(9)14(15)16/h6-8,13H,3-5H2,1-2H3. The first-order valence-electron chi connectivity index (χ1n) is 5.86. The van der Waals surface area contributed by atoms with Crippen LogP contribution >= 0.6 is 0 Å². The van der Waals surface area contributed by atoms with Gasteiger partial charge in [0.15, 0.2) is 11.5 Å². The predicted molar refractivity (Wildman–Crippen MR) is 66.3 cm³/mol. The Kier molecular flexibility index (Phi) is 3.66. The van der Waals surface area contributed by atoms with Gasteiger partial charge in [0.25, 0.3) is 5.69 Å². The molecule has 1 heterocycles. The Morgan fingerprint density at radius 3 is 2.56 bits per heavy atom. The first-order chi connectivity index (χ1) is 8.61. The van der Waals surface area contributed by atoms with E-state index in [1.165, 1.54) is 6.07 Å². The Bertz CT molecular complexity index is 462. The summed E-state index contributed by atoms with van der Waals surface area (Å²) >= 11 is 0. The van der Waals surface area contributed by atoms with E-state index in [-0.39, 0.29) is 16.7 Å². The van der Waals surface area contributed by atoms with Gasteiger partial charge in [-0.15, -0.1) is 0 Å². The summed E-state index contributed by atoms with van der Waals surface area (Å²) in [5.74, 6) is 1.04. The third kappa shape index (κ3) is 2.53. The third-order valence-electron chi connectivity index (χ3n) is 2.96. The smallest absolute Gasteiger partial charge is 0.276 e. The van der Waals surface area contributed by atoms with Crippen LogP contribution in [0.5, 0.6) is 11.5 Å².